The van der Waals surface area contributed by atoms with E-state index in [1.807, 2.05) is 31.2 Å². The summed E-state index contributed by atoms with van der Waals surface area (Å²) in [6.45, 7) is 7.84. The highest BCUT2D eigenvalue weighted by Gasteiger charge is 2.26. The molecule has 1 fully saturated rings. The van der Waals surface area contributed by atoms with Gasteiger partial charge in [0.1, 0.15) is 38.5 Å². The van der Waals surface area contributed by atoms with Crippen molar-refractivity contribution in [2.24, 2.45) is 0 Å². The maximum Gasteiger partial charge on any atom is 0.219 e. The van der Waals surface area contributed by atoms with E-state index in [0.717, 1.165) is 60.6 Å². The Bertz CT molecular complexity index is 1030. The molecule has 5 heteroatoms. The molecule has 1 aliphatic rings. The molecule has 4 rings (SSSR count). The molecule has 156 valence electrons. The quantitative estimate of drug-likeness (QED) is 0.517. The van der Waals surface area contributed by atoms with E-state index in [9.17, 15) is 4.79 Å². The van der Waals surface area contributed by atoms with Crippen LogP contribution in [0.4, 0.5) is 0 Å². The number of methoxy groups -OCH3 is 1. The van der Waals surface area contributed by atoms with Crippen molar-refractivity contribution in [1.82, 2.24) is 4.98 Å². The van der Waals surface area contributed by atoms with Gasteiger partial charge in [-0.2, -0.15) is 0 Å². The molecule has 5 nitrogen and oxygen atoms in total. The van der Waals surface area contributed by atoms with Crippen LogP contribution < -0.4 is 14.5 Å². The molecule has 3 N–H and O–H groups in total. The van der Waals surface area contributed by atoms with Gasteiger partial charge in [-0.3, -0.25) is 4.79 Å². The lowest BCUT2D eigenvalue weighted by Crippen LogP contribution is -3.28. The number of ketones is 1. The molecular weight excluding hydrogens is 374 g/mol. The fourth-order valence-electron chi connectivity index (χ4n) is 4.37. The molecule has 2 aromatic carbocycles. The molecule has 30 heavy (non-hydrogen) atoms. The number of ether oxygens (including phenoxy) is 1. The van der Waals surface area contributed by atoms with Crippen LogP contribution in [0.5, 0.6) is 5.75 Å². The third kappa shape index (κ3) is 4.64. The van der Waals surface area contributed by atoms with Gasteiger partial charge in [-0.05, 0) is 36.8 Å². The molecule has 0 amide bonds. The van der Waals surface area contributed by atoms with Crippen LogP contribution in [-0.2, 0) is 0 Å². The van der Waals surface area contributed by atoms with Crippen LogP contribution in [0.3, 0.4) is 0 Å². The highest BCUT2D eigenvalue weighted by Crippen LogP contribution is 2.26. The number of nitrogens with one attached hydrogen (secondary N) is 3. The van der Waals surface area contributed by atoms with Crippen LogP contribution >= 0.6 is 0 Å². The molecule has 1 aliphatic heterocycles. The number of carbonyl (C=O) groups is 1. The van der Waals surface area contributed by atoms with Gasteiger partial charge < -0.3 is 19.5 Å². The summed E-state index contributed by atoms with van der Waals surface area (Å²) in [4.78, 5) is 19.4. The zero-order valence-electron chi connectivity index (χ0n) is 17.8. The zero-order valence-corrected chi connectivity index (χ0v) is 17.8. The second-order valence-electron chi connectivity index (χ2n) is 8.15. The van der Waals surface area contributed by atoms with Crippen molar-refractivity contribution in [2.75, 3.05) is 46.4 Å². The van der Waals surface area contributed by atoms with Gasteiger partial charge in [-0.15, -0.1) is 0 Å². The van der Waals surface area contributed by atoms with Gasteiger partial charge in [0, 0.05) is 16.6 Å². The van der Waals surface area contributed by atoms with E-state index in [2.05, 4.69) is 41.4 Å². The minimum Gasteiger partial charge on any atom is -0.497 e. The first-order valence-electron chi connectivity index (χ1n) is 10.7. The Labute approximate surface area is 177 Å². The summed E-state index contributed by atoms with van der Waals surface area (Å²) < 4.78 is 5.35. The first-order valence-corrected chi connectivity index (χ1v) is 10.7. The van der Waals surface area contributed by atoms with E-state index >= 15 is 0 Å². The van der Waals surface area contributed by atoms with Gasteiger partial charge in [-0.25, -0.2) is 0 Å². The van der Waals surface area contributed by atoms with Crippen molar-refractivity contribution in [2.45, 2.75) is 6.92 Å². The van der Waals surface area contributed by atoms with Gasteiger partial charge in [0.2, 0.25) is 5.78 Å². The van der Waals surface area contributed by atoms with E-state index in [0.29, 0.717) is 6.54 Å². The highest BCUT2D eigenvalue weighted by molar-refractivity contribution is 6.10. The number of Topliss-reactive ketones (excluding diaryl/α,β-unsaturated/α-hetero) is 1. The summed E-state index contributed by atoms with van der Waals surface area (Å²) >= 11 is 0. The second kappa shape index (κ2) is 9.28. The van der Waals surface area contributed by atoms with E-state index in [-0.39, 0.29) is 5.78 Å². The summed E-state index contributed by atoms with van der Waals surface area (Å²) in [7, 11) is 1.66. The summed E-state index contributed by atoms with van der Waals surface area (Å²) in [5, 5.41) is 0.964. The molecule has 0 radical (unpaired) electrons. The van der Waals surface area contributed by atoms with Gasteiger partial charge in [-0.1, -0.05) is 36.4 Å². The van der Waals surface area contributed by atoms with E-state index in [1.54, 1.807) is 12.0 Å². The summed E-state index contributed by atoms with van der Waals surface area (Å²) in [5.41, 5.74) is 4.00. The Morgan fingerprint density at radius 1 is 1.07 bits per heavy atom. The number of H-pyrrole nitrogens is 1. The van der Waals surface area contributed by atoms with Crippen LogP contribution in [0.25, 0.3) is 17.0 Å². The number of quaternary nitrogens is 2. The van der Waals surface area contributed by atoms with Crippen molar-refractivity contribution in [3.8, 4) is 5.75 Å². The molecule has 2 heterocycles. The monoisotopic (exact) mass is 405 g/mol. The Balaban J connectivity index is 1.33. The average molecular weight is 406 g/mol. The smallest absolute Gasteiger partial charge is 0.219 e. The van der Waals surface area contributed by atoms with E-state index in [1.165, 1.54) is 10.5 Å². The Morgan fingerprint density at radius 3 is 2.53 bits per heavy atom. The van der Waals surface area contributed by atoms with Crippen molar-refractivity contribution < 1.29 is 19.3 Å². The molecule has 0 unspecified atom stereocenters. The molecule has 0 bridgehead atoms. The number of rotatable bonds is 7. The lowest BCUT2D eigenvalue weighted by molar-refractivity contribution is -1.01. The summed E-state index contributed by atoms with van der Waals surface area (Å²) in [5.74, 6) is 0.998. The maximum atomic E-state index is 13.1. The fourth-order valence-corrected chi connectivity index (χ4v) is 4.37. The van der Waals surface area contributed by atoms with Crippen molar-refractivity contribution >= 4 is 22.8 Å². The van der Waals surface area contributed by atoms with Crippen molar-refractivity contribution in [3.05, 3.63) is 71.4 Å². The standard InChI is InChI=1S/C25H29N3O2/c1-19-25(22-17-21(30-2)10-11-23(22)26-19)24(29)18-28-15-13-27(14-16-28)12-6-9-20-7-4-3-5-8-20/h3-11,17,26H,12-16,18H2,1-2H3/p+2/b9-6+. The van der Waals surface area contributed by atoms with Crippen LogP contribution in [-0.4, -0.2) is 57.1 Å². The van der Waals surface area contributed by atoms with E-state index in [4.69, 9.17) is 4.74 Å². The summed E-state index contributed by atoms with van der Waals surface area (Å²) in [6, 6.07) is 16.3. The second-order valence-corrected chi connectivity index (χ2v) is 8.15. The largest absolute Gasteiger partial charge is 0.497 e. The SMILES string of the molecule is COc1ccc2[nH]c(C)c(C(=O)C[NH+]3CC[NH+](C/C=C/c4ccccc4)CC3)c2c1. The summed E-state index contributed by atoms with van der Waals surface area (Å²) in [6.07, 6.45) is 4.47. The van der Waals surface area contributed by atoms with Crippen LogP contribution in [0.1, 0.15) is 21.6 Å². The van der Waals surface area contributed by atoms with Gasteiger partial charge in [0.25, 0.3) is 0 Å². The Hall–Kier alpha value is -2.89. The van der Waals surface area contributed by atoms with Gasteiger partial charge >= 0.3 is 0 Å². The molecule has 3 aromatic rings. The molecule has 0 saturated carbocycles. The number of aryl methyl sites for hydroxylation is 1. The Kier molecular flexibility index (Phi) is 6.31. The van der Waals surface area contributed by atoms with Gasteiger partial charge in [0.15, 0.2) is 0 Å². The number of hydrogen-bond donors (Lipinski definition) is 3. The minimum absolute atomic E-state index is 0.217. The third-order valence-corrected chi connectivity index (χ3v) is 6.06. The number of aromatic nitrogens is 1. The normalized spacial score (nSPS) is 19.4. The van der Waals surface area contributed by atoms with E-state index < -0.39 is 0 Å². The predicted octanol–water partition coefficient (Wildman–Crippen LogP) is 1.16. The molecular formula is C25H31N3O2+2. The van der Waals surface area contributed by atoms with Crippen LogP contribution in [0.2, 0.25) is 0 Å². The Morgan fingerprint density at radius 2 is 1.80 bits per heavy atom. The number of benzene rings is 2. The predicted molar refractivity (Wildman–Crippen MR) is 121 cm³/mol. The average Bonchev–Trinajstić information content (AvgIpc) is 3.10. The molecule has 0 spiro atoms. The number of hydrogen-bond acceptors (Lipinski definition) is 2. The number of aromatic amines is 1. The fraction of sp³-hybridized carbons (Fsp3) is 0.320. The molecule has 0 atom stereocenters. The third-order valence-electron chi connectivity index (χ3n) is 6.06. The van der Waals surface area contributed by atoms with Crippen molar-refractivity contribution in [3.63, 3.8) is 0 Å². The molecule has 0 aliphatic carbocycles. The highest BCUT2D eigenvalue weighted by atomic mass is 16.5. The first-order chi connectivity index (χ1) is 14.6. The molecule has 1 saturated heterocycles. The number of carbonyl (C=O) groups excluding carboxylic acids is 1. The lowest BCUT2D eigenvalue weighted by atomic mass is 10.1. The zero-order chi connectivity index (χ0) is 20.9. The topological polar surface area (TPSA) is 51.0 Å². The number of piperazine rings is 1. The lowest BCUT2D eigenvalue weighted by Gasteiger charge is -2.28. The number of fused-ring (bicyclic) bond motifs is 1. The minimum atomic E-state index is 0.217. The van der Waals surface area contributed by atoms with Crippen LogP contribution in [0.15, 0.2) is 54.6 Å². The van der Waals surface area contributed by atoms with Gasteiger partial charge in [0.05, 0.1) is 19.2 Å². The van der Waals surface area contributed by atoms with Crippen molar-refractivity contribution in [1.29, 1.82) is 0 Å². The maximum absolute atomic E-state index is 13.1. The van der Waals surface area contributed by atoms with Crippen LogP contribution in [0, 0.1) is 6.92 Å². The molecule has 1 aromatic heterocycles. The first kappa shape index (κ1) is 20.4.